The summed E-state index contributed by atoms with van der Waals surface area (Å²) in [6.07, 6.45) is 5.73. The van der Waals surface area contributed by atoms with Crippen molar-refractivity contribution in [2.45, 2.75) is 19.3 Å². The van der Waals surface area contributed by atoms with Crippen LogP contribution in [0.5, 0.6) is 0 Å². The zero-order valence-electron chi connectivity index (χ0n) is 12.9. The van der Waals surface area contributed by atoms with Crippen LogP contribution in [0, 0.1) is 5.92 Å². The molecule has 0 saturated carbocycles. The lowest BCUT2D eigenvalue weighted by molar-refractivity contribution is -0.138. The van der Waals surface area contributed by atoms with Gasteiger partial charge in [-0.1, -0.05) is 40.2 Å². The Bertz CT molecular complexity index is 572. The summed E-state index contributed by atoms with van der Waals surface area (Å²) in [5.41, 5.74) is 1.07. The van der Waals surface area contributed by atoms with Gasteiger partial charge in [-0.25, -0.2) is 4.79 Å². The third-order valence-corrected chi connectivity index (χ3v) is 4.35. The van der Waals surface area contributed by atoms with Crippen molar-refractivity contribution in [3.63, 3.8) is 0 Å². The number of carbonyl (C=O) groups excluding carboxylic acids is 1. The highest BCUT2D eigenvalue weighted by molar-refractivity contribution is 9.10. The van der Waals surface area contributed by atoms with Gasteiger partial charge in [-0.15, -0.1) is 0 Å². The van der Waals surface area contributed by atoms with Crippen LogP contribution in [0.25, 0.3) is 6.08 Å². The number of piperidine rings is 1. The molecule has 1 fully saturated rings. The third kappa shape index (κ3) is 6.06. The molecule has 0 radical (unpaired) electrons. The average Bonchev–Trinajstić information content (AvgIpc) is 2.52. The van der Waals surface area contributed by atoms with Crippen molar-refractivity contribution < 1.29 is 14.7 Å². The number of carboxylic acid groups (broad SMARTS) is 1. The second kappa shape index (κ2) is 8.72. The summed E-state index contributed by atoms with van der Waals surface area (Å²) in [7, 11) is 0. The van der Waals surface area contributed by atoms with E-state index in [1.54, 1.807) is 4.90 Å². The summed E-state index contributed by atoms with van der Waals surface area (Å²) in [5, 5.41) is 11.7. The number of rotatable bonds is 5. The molecule has 0 aromatic heterocycles. The van der Waals surface area contributed by atoms with Crippen LogP contribution in [0.2, 0.25) is 0 Å². The number of urea groups is 1. The number of carboxylic acids is 1. The summed E-state index contributed by atoms with van der Waals surface area (Å²) in [4.78, 5) is 24.6. The number of carbonyl (C=O) groups is 2. The molecule has 1 aliphatic rings. The van der Waals surface area contributed by atoms with Gasteiger partial charge in [0, 0.05) is 30.5 Å². The van der Waals surface area contributed by atoms with Crippen molar-refractivity contribution in [1.29, 1.82) is 0 Å². The Morgan fingerprint density at radius 1 is 1.35 bits per heavy atom. The van der Waals surface area contributed by atoms with Crippen molar-refractivity contribution in [1.82, 2.24) is 10.2 Å². The smallest absolute Gasteiger partial charge is 0.317 e. The van der Waals surface area contributed by atoms with E-state index in [1.807, 2.05) is 36.4 Å². The minimum Gasteiger partial charge on any atom is -0.481 e. The highest BCUT2D eigenvalue weighted by Gasteiger charge is 2.24. The second-order valence-electron chi connectivity index (χ2n) is 5.69. The van der Waals surface area contributed by atoms with Gasteiger partial charge in [0.2, 0.25) is 0 Å². The molecule has 1 atom stereocenters. The molecule has 1 heterocycles. The van der Waals surface area contributed by atoms with Crippen molar-refractivity contribution in [2.24, 2.45) is 5.92 Å². The first-order chi connectivity index (χ1) is 11.0. The van der Waals surface area contributed by atoms with Gasteiger partial charge >= 0.3 is 12.0 Å². The molecule has 0 aliphatic carbocycles. The Hall–Kier alpha value is -1.82. The molecule has 1 aromatic carbocycles. The maximum Gasteiger partial charge on any atom is 0.317 e. The Kier molecular flexibility index (Phi) is 6.65. The molecule has 1 aromatic rings. The summed E-state index contributed by atoms with van der Waals surface area (Å²) in [5.74, 6) is -0.736. The second-order valence-corrected chi connectivity index (χ2v) is 6.61. The monoisotopic (exact) mass is 380 g/mol. The van der Waals surface area contributed by atoms with Gasteiger partial charge in [0.05, 0.1) is 0 Å². The molecule has 6 heteroatoms. The molecule has 5 nitrogen and oxygen atoms in total. The van der Waals surface area contributed by atoms with E-state index >= 15 is 0 Å². The standard InChI is InChI=1S/C17H21BrN2O3/c18-15-7-5-13(6-8-15)3-1-9-19-17(23)20-10-2-4-14(12-20)11-16(21)22/h1,3,5-8,14H,2,4,9-12H2,(H,19,23)(H,21,22)/b3-1+. The van der Waals surface area contributed by atoms with Gasteiger partial charge in [-0.2, -0.15) is 0 Å². The van der Waals surface area contributed by atoms with E-state index in [9.17, 15) is 9.59 Å². The number of nitrogens with zero attached hydrogens (tertiary/aromatic N) is 1. The van der Waals surface area contributed by atoms with Crippen molar-refractivity contribution in [2.75, 3.05) is 19.6 Å². The zero-order chi connectivity index (χ0) is 16.7. The first kappa shape index (κ1) is 17.5. The molecule has 2 rings (SSSR count). The highest BCUT2D eigenvalue weighted by Crippen LogP contribution is 2.19. The predicted octanol–water partition coefficient (Wildman–Crippen LogP) is 3.36. The molecule has 0 bridgehead atoms. The van der Waals surface area contributed by atoms with Crippen LogP contribution in [0.4, 0.5) is 4.79 Å². The average molecular weight is 381 g/mol. The van der Waals surface area contributed by atoms with Gasteiger partial charge in [-0.05, 0) is 36.5 Å². The number of aliphatic carboxylic acids is 1. The Balaban J connectivity index is 1.75. The molecule has 1 aliphatic heterocycles. The van der Waals surface area contributed by atoms with Gasteiger partial charge in [0.15, 0.2) is 0 Å². The minimum atomic E-state index is -0.797. The Labute approximate surface area is 144 Å². The lowest BCUT2D eigenvalue weighted by Crippen LogP contribution is -2.45. The molecule has 124 valence electrons. The molecule has 1 unspecified atom stereocenters. The van der Waals surface area contributed by atoms with Crippen molar-refractivity contribution in [3.8, 4) is 0 Å². The Morgan fingerprint density at radius 3 is 2.78 bits per heavy atom. The van der Waals surface area contributed by atoms with Crippen LogP contribution in [0.1, 0.15) is 24.8 Å². The van der Waals surface area contributed by atoms with Crippen LogP contribution in [0.3, 0.4) is 0 Å². The van der Waals surface area contributed by atoms with E-state index in [-0.39, 0.29) is 18.4 Å². The van der Waals surface area contributed by atoms with E-state index in [0.29, 0.717) is 19.6 Å². The lowest BCUT2D eigenvalue weighted by Gasteiger charge is -2.32. The summed E-state index contributed by atoms with van der Waals surface area (Å²) in [6.45, 7) is 1.67. The normalized spacial score (nSPS) is 18.1. The van der Waals surface area contributed by atoms with E-state index in [1.165, 1.54) is 0 Å². The topological polar surface area (TPSA) is 69.6 Å². The number of hydrogen-bond donors (Lipinski definition) is 2. The minimum absolute atomic E-state index is 0.0605. The van der Waals surface area contributed by atoms with E-state index in [4.69, 9.17) is 5.11 Å². The van der Waals surface area contributed by atoms with Crippen molar-refractivity contribution in [3.05, 3.63) is 40.4 Å². The maximum absolute atomic E-state index is 12.1. The quantitative estimate of drug-likeness (QED) is 0.822. The summed E-state index contributed by atoms with van der Waals surface area (Å²) >= 11 is 3.39. The highest BCUT2D eigenvalue weighted by atomic mass is 79.9. The molecular weight excluding hydrogens is 360 g/mol. The number of likely N-dealkylation sites (tertiary alicyclic amines) is 1. The molecule has 2 amide bonds. The molecule has 1 saturated heterocycles. The molecule has 0 spiro atoms. The number of halogens is 1. The zero-order valence-corrected chi connectivity index (χ0v) is 14.5. The largest absolute Gasteiger partial charge is 0.481 e. The van der Waals surface area contributed by atoms with Crippen LogP contribution in [-0.4, -0.2) is 41.6 Å². The van der Waals surface area contributed by atoms with E-state index < -0.39 is 5.97 Å². The van der Waals surface area contributed by atoms with Gasteiger partial charge in [0.1, 0.15) is 0 Å². The summed E-state index contributed by atoms with van der Waals surface area (Å²) in [6, 6.07) is 7.79. The van der Waals surface area contributed by atoms with Gasteiger partial charge in [0.25, 0.3) is 0 Å². The fourth-order valence-electron chi connectivity index (χ4n) is 2.69. The SMILES string of the molecule is O=C(O)CC1CCCN(C(=O)NC/C=C/c2ccc(Br)cc2)C1. The van der Waals surface area contributed by atoms with Crippen LogP contribution in [0.15, 0.2) is 34.8 Å². The number of amides is 2. The van der Waals surface area contributed by atoms with Crippen LogP contribution < -0.4 is 5.32 Å². The van der Waals surface area contributed by atoms with Gasteiger partial charge in [-0.3, -0.25) is 4.79 Å². The fraction of sp³-hybridized carbons (Fsp3) is 0.412. The number of benzene rings is 1. The molecule has 2 N–H and O–H groups in total. The number of nitrogens with one attached hydrogen (secondary N) is 1. The van der Waals surface area contributed by atoms with E-state index in [0.717, 1.165) is 22.9 Å². The lowest BCUT2D eigenvalue weighted by atomic mass is 9.95. The van der Waals surface area contributed by atoms with Gasteiger partial charge < -0.3 is 15.3 Å². The predicted molar refractivity (Wildman–Crippen MR) is 93.1 cm³/mol. The first-order valence-electron chi connectivity index (χ1n) is 7.71. The Morgan fingerprint density at radius 2 is 2.09 bits per heavy atom. The molecule has 23 heavy (non-hydrogen) atoms. The number of hydrogen-bond acceptors (Lipinski definition) is 2. The van der Waals surface area contributed by atoms with E-state index in [2.05, 4.69) is 21.2 Å². The molecular formula is C17H21BrN2O3. The van der Waals surface area contributed by atoms with Crippen LogP contribution in [-0.2, 0) is 4.79 Å². The van der Waals surface area contributed by atoms with Crippen LogP contribution >= 0.6 is 15.9 Å². The summed E-state index contributed by atoms with van der Waals surface area (Å²) < 4.78 is 1.03. The first-order valence-corrected chi connectivity index (χ1v) is 8.50. The fourth-order valence-corrected chi connectivity index (χ4v) is 2.95. The maximum atomic E-state index is 12.1. The van der Waals surface area contributed by atoms with Crippen molar-refractivity contribution >= 4 is 34.0 Å². The third-order valence-electron chi connectivity index (χ3n) is 3.82.